The van der Waals surface area contributed by atoms with Crippen LogP contribution < -0.4 is 4.74 Å². The van der Waals surface area contributed by atoms with E-state index in [2.05, 4.69) is 0 Å². The molecule has 0 aliphatic rings. The second-order valence-corrected chi connectivity index (χ2v) is 4.85. The SMILES string of the molecule is CC(O)CN(C(=O)COc1ccc(F)cc1F)C(C)C. The third kappa shape index (κ3) is 4.77. The lowest BCUT2D eigenvalue weighted by Crippen LogP contribution is -2.43. The largest absolute Gasteiger partial charge is 0.481 e. The van der Waals surface area contributed by atoms with E-state index in [4.69, 9.17) is 4.74 Å². The minimum Gasteiger partial charge on any atom is -0.481 e. The molecule has 112 valence electrons. The van der Waals surface area contributed by atoms with Gasteiger partial charge in [0.2, 0.25) is 0 Å². The van der Waals surface area contributed by atoms with Gasteiger partial charge in [-0.3, -0.25) is 4.79 Å². The van der Waals surface area contributed by atoms with Crippen molar-refractivity contribution in [2.24, 2.45) is 0 Å². The number of aliphatic hydroxyl groups excluding tert-OH is 1. The Morgan fingerprint density at radius 3 is 2.50 bits per heavy atom. The van der Waals surface area contributed by atoms with E-state index in [1.165, 1.54) is 4.90 Å². The fourth-order valence-corrected chi connectivity index (χ4v) is 1.70. The standard InChI is InChI=1S/C14H19F2NO3/c1-9(2)17(7-10(3)18)14(19)8-20-13-5-4-11(15)6-12(13)16/h4-6,9-10,18H,7-8H2,1-3H3. The molecule has 4 nitrogen and oxygen atoms in total. The van der Waals surface area contributed by atoms with E-state index >= 15 is 0 Å². The Hall–Kier alpha value is -1.69. The minimum absolute atomic E-state index is 0.112. The molecule has 0 bridgehead atoms. The number of hydrogen-bond acceptors (Lipinski definition) is 3. The molecule has 1 aromatic rings. The van der Waals surface area contributed by atoms with E-state index < -0.39 is 17.7 Å². The molecule has 0 spiro atoms. The number of carbonyl (C=O) groups excluding carboxylic acids is 1. The van der Waals surface area contributed by atoms with Gasteiger partial charge in [0, 0.05) is 18.7 Å². The van der Waals surface area contributed by atoms with Crippen LogP contribution in [0.3, 0.4) is 0 Å². The summed E-state index contributed by atoms with van der Waals surface area (Å²) in [7, 11) is 0. The Kier molecular flexibility index (Phi) is 5.88. The maximum atomic E-state index is 13.3. The molecule has 0 radical (unpaired) electrons. The van der Waals surface area contributed by atoms with Crippen LogP contribution in [0, 0.1) is 11.6 Å². The number of benzene rings is 1. The number of rotatable bonds is 6. The first-order valence-electron chi connectivity index (χ1n) is 6.36. The van der Waals surface area contributed by atoms with Gasteiger partial charge in [-0.25, -0.2) is 8.78 Å². The molecule has 20 heavy (non-hydrogen) atoms. The van der Waals surface area contributed by atoms with Crippen molar-refractivity contribution in [3.05, 3.63) is 29.8 Å². The highest BCUT2D eigenvalue weighted by molar-refractivity contribution is 5.78. The first kappa shape index (κ1) is 16.4. The Labute approximate surface area is 117 Å². The van der Waals surface area contributed by atoms with Gasteiger partial charge >= 0.3 is 0 Å². The van der Waals surface area contributed by atoms with Gasteiger partial charge in [0.15, 0.2) is 18.2 Å². The number of halogens is 2. The highest BCUT2D eigenvalue weighted by Crippen LogP contribution is 2.17. The zero-order valence-electron chi connectivity index (χ0n) is 11.8. The molecule has 0 aliphatic carbocycles. The average molecular weight is 287 g/mol. The Morgan fingerprint density at radius 1 is 1.35 bits per heavy atom. The summed E-state index contributed by atoms with van der Waals surface area (Å²) >= 11 is 0. The number of amides is 1. The molecule has 1 atom stereocenters. The molecule has 6 heteroatoms. The van der Waals surface area contributed by atoms with Gasteiger partial charge in [-0.15, -0.1) is 0 Å². The highest BCUT2D eigenvalue weighted by atomic mass is 19.1. The van der Waals surface area contributed by atoms with Crippen molar-refractivity contribution >= 4 is 5.91 Å². The molecular weight excluding hydrogens is 268 g/mol. The molecule has 0 aliphatic heterocycles. The monoisotopic (exact) mass is 287 g/mol. The van der Waals surface area contributed by atoms with E-state index in [-0.39, 0.29) is 30.9 Å². The van der Waals surface area contributed by atoms with Crippen molar-refractivity contribution in [1.82, 2.24) is 4.90 Å². The Balaban J connectivity index is 2.65. The molecule has 1 rings (SSSR count). The van der Waals surface area contributed by atoms with Gasteiger partial charge in [0.05, 0.1) is 6.10 Å². The minimum atomic E-state index is -0.857. The van der Waals surface area contributed by atoms with E-state index in [0.29, 0.717) is 6.07 Å². The summed E-state index contributed by atoms with van der Waals surface area (Å²) in [5.41, 5.74) is 0. The van der Waals surface area contributed by atoms with Crippen LogP contribution in [-0.2, 0) is 4.79 Å². The normalized spacial score (nSPS) is 12.3. The van der Waals surface area contributed by atoms with Crippen LogP contribution in [0.25, 0.3) is 0 Å². The van der Waals surface area contributed by atoms with Crippen LogP contribution in [-0.4, -0.2) is 41.2 Å². The Morgan fingerprint density at radius 2 is 2.00 bits per heavy atom. The smallest absolute Gasteiger partial charge is 0.260 e. The second kappa shape index (κ2) is 7.19. The molecule has 0 fully saturated rings. The van der Waals surface area contributed by atoms with Crippen LogP contribution in [0.5, 0.6) is 5.75 Å². The van der Waals surface area contributed by atoms with Crippen LogP contribution in [0.1, 0.15) is 20.8 Å². The molecule has 1 amide bonds. The fourth-order valence-electron chi connectivity index (χ4n) is 1.70. The van der Waals surface area contributed by atoms with Crippen LogP contribution in [0.4, 0.5) is 8.78 Å². The summed E-state index contributed by atoms with van der Waals surface area (Å²) in [5.74, 6) is -2.12. The van der Waals surface area contributed by atoms with Crippen molar-refractivity contribution in [3.8, 4) is 5.75 Å². The number of nitrogens with zero attached hydrogens (tertiary/aromatic N) is 1. The molecule has 0 saturated carbocycles. The number of ether oxygens (including phenoxy) is 1. The van der Waals surface area contributed by atoms with Crippen LogP contribution in [0.15, 0.2) is 18.2 Å². The van der Waals surface area contributed by atoms with E-state index in [9.17, 15) is 18.7 Å². The van der Waals surface area contributed by atoms with Crippen molar-refractivity contribution in [2.45, 2.75) is 32.9 Å². The third-order valence-electron chi connectivity index (χ3n) is 2.65. The maximum absolute atomic E-state index is 13.3. The predicted molar refractivity (Wildman–Crippen MR) is 70.4 cm³/mol. The van der Waals surface area contributed by atoms with Crippen molar-refractivity contribution in [2.75, 3.05) is 13.2 Å². The van der Waals surface area contributed by atoms with Crippen molar-refractivity contribution in [1.29, 1.82) is 0 Å². The van der Waals surface area contributed by atoms with Gasteiger partial charge in [0.1, 0.15) is 5.82 Å². The quantitative estimate of drug-likeness (QED) is 0.870. The van der Waals surface area contributed by atoms with Crippen LogP contribution in [0.2, 0.25) is 0 Å². The lowest BCUT2D eigenvalue weighted by molar-refractivity contribution is -0.136. The summed E-state index contributed by atoms with van der Waals surface area (Å²) in [6, 6.07) is 2.76. The van der Waals surface area contributed by atoms with Crippen LogP contribution >= 0.6 is 0 Å². The average Bonchev–Trinajstić information content (AvgIpc) is 2.34. The zero-order chi connectivity index (χ0) is 15.3. The molecule has 0 heterocycles. The molecule has 0 saturated heterocycles. The summed E-state index contributed by atoms with van der Waals surface area (Å²) in [6.07, 6.45) is -0.663. The predicted octanol–water partition coefficient (Wildman–Crippen LogP) is 1.96. The van der Waals surface area contributed by atoms with Gasteiger partial charge in [0.25, 0.3) is 5.91 Å². The fraction of sp³-hybridized carbons (Fsp3) is 0.500. The van der Waals surface area contributed by atoms with Crippen molar-refractivity contribution in [3.63, 3.8) is 0 Å². The third-order valence-corrected chi connectivity index (χ3v) is 2.65. The number of aliphatic hydroxyl groups is 1. The topological polar surface area (TPSA) is 49.8 Å². The van der Waals surface area contributed by atoms with Gasteiger partial charge in [-0.05, 0) is 32.9 Å². The summed E-state index contributed by atoms with van der Waals surface area (Å²) in [4.78, 5) is 13.4. The van der Waals surface area contributed by atoms with Gasteiger partial charge in [-0.2, -0.15) is 0 Å². The molecule has 1 aromatic carbocycles. The first-order chi connectivity index (χ1) is 9.31. The summed E-state index contributed by atoms with van der Waals surface area (Å²) in [5, 5.41) is 9.34. The Bertz CT molecular complexity index is 464. The lowest BCUT2D eigenvalue weighted by atomic mass is 10.2. The molecular formula is C14H19F2NO3. The first-order valence-corrected chi connectivity index (χ1v) is 6.36. The summed E-state index contributed by atoms with van der Waals surface area (Å²) < 4.78 is 31.1. The lowest BCUT2D eigenvalue weighted by Gasteiger charge is -2.27. The van der Waals surface area contributed by atoms with E-state index in [1.807, 2.05) is 0 Å². The molecule has 1 unspecified atom stereocenters. The molecule has 1 N–H and O–H groups in total. The van der Waals surface area contributed by atoms with Crippen molar-refractivity contribution < 1.29 is 23.4 Å². The summed E-state index contributed by atoms with van der Waals surface area (Å²) in [6.45, 7) is 4.99. The number of hydrogen-bond donors (Lipinski definition) is 1. The zero-order valence-corrected chi connectivity index (χ0v) is 11.8. The molecule has 0 aromatic heterocycles. The van der Waals surface area contributed by atoms with E-state index in [0.717, 1.165) is 12.1 Å². The van der Waals surface area contributed by atoms with Gasteiger partial charge in [-0.1, -0.05) is 0 Å². The highest BCUT2D eigenvalue weighted by Gasteiger charge is 2.19. The number of carbonyl (C=O) groups is 1. The van der Waals surface area contributed by atoms with E-state index in [1.54, 1.807) is 20.8 Å². The van der Waals surface area contributed by atoms with Gasteiger partial charge < -0.3 is 14.7 Å². The maximum Gasteiger partial charge on any atom is 0.260 e. The second-order valence-electron chi connectivity index (χ2n) is 4.85.